The zero-order chi connectivity index (χ0) is 45.2. The monoisotopic (exact) mass is 868 g/mol. The molecule has 338 valence electrons. The van der Waals surface area contributed by atoms with Gasteiger partial charge < -0.3 is 45.3 Å². The maximum absolute atomic E-state index is 15.0. The normalized spacial score (nSPS) is 15.6. The molecule has 1 heterocycles. The van der Waals surface area contributed by atoms with Gasteiger partial charge in [-0.25, -0.2) is 0 Å². The number of ketones is 1. The zero-order valence-electron chi connectivity index (χ0n) is 37.1. The summed E-state index contributed by atoms with van der Waals surface area (Å²) in [5, 5.41) is 63.8. The molecule has 0 amide bonds. The third-order valence-electron chi connectivity index (χ3n) is 13.0. The Morgan fingerprint density at radius 2 is 1.61 bits per heavy atom. The number of nitrogens with one attached hydrogen (secondary N) is 2. The van der Waals surface area contributed by atoms with Crippen LogP contribution in [0.15, 0.2) is 109 Å². The van der Waals surface area contributed by atoms with Crippen molar-refractivity contribution < 1.29 is 39.8 Å². The van der Waals surface area contributed by atoms with Crippen LogP contribution in [0.1, 0.15) is 90.3 Å². The number of rotatable bonds is 21. The molecule has 0 unspecified atom stereocenters. The first-order chi connectivity index (χ1) is 31.0. The fourth-order valence-electron chi connectivity index (χ4n) is 9.59. The van der Waals surface area contributed by atoms with E-state index in [9.17, 15) is 25.5 Å². The van der Waals surface area contributed by atoms with E-state index >= 15 is 4.79 Å². The quantitative estimate of drug-likeness (QED) is 0.0276. The van der Waals surface area contributed by atoms with Gasteiger partial charge in [0.2, 0.25) is 0 Å². The van der Waals surface area contributed by atoms with E-state index in [1.165, 1.54) is 6.07 Å². The standard InChI is InChI=1S/C53H62N3O8/c1-34(57)31-56-33-64-51-24-35(14-16-47(51)59)23-45(40-26-42(29-43(58)27-40)53(54-2)19-7-4-8-20-53)50(62)30-49(61)41(22-36-18-21-55-32-36)25-39-15-17-48(60)52(63-3)46(39)28-38-12-9-11-37-10-5-6-13-44(37)38/h5-6,9-18,21,24,26-27,29,32,34,41,45,49,54,56-61H,4,7-8,19-20,22-23,25,28,30-31,33H2,1-3H3/q-1/t34-,41+,45+,49+/m0/s1. The summed E-state index contributed by atoms with van der Waals surface area (Å²) in [6, 6.07) is 30.2. The van der Waals surface area contributed by atoms with Gasteiger partial charge in [0.25, 0.3) is 0 Å². The molecule has 1 aromatic heterocycles. The molecular formula is C53H62N3O8-. The topological polar surface area (TPSA) is 175 Å². The molecule has 5 aromatic carbocycles. The second kappa shape index (κ2) is 21.2. The largest absolute Gasteiger partial charge is 0.670 e. The Labute approximate surface area is 376 Å². The lowest BCUT2D eigenvalue weighted by Gasteiger charge is -2.38. The van der Waals surface area contributed by atoms with Gasteiger partial charge in [-0.05, 0) is 121 Å². The highest BCUT2D eigenvalue weighted by Crippen LogP contribution is 2.42. The number of aliphatic hydroxyl groups is 2. The molecule has 11 heteroatoms. The van der Waals surface area contributed by atoms with Gasteiger partial charge in [-0.3, -0.25) is 10.1 Å². The molecule has 1 saturated carbocycles. The predicted octanol–water partition coefficient (Wildman–Crippen LogP) is 7.95. The Bertz CT molecular complexity index is 2470. The highest BCUT2D eigenvalue weighted by molar-refractivity contribution is 5.87. The van der Waals surface area contributed by atoms with Gasteiger partial charge in [0.05, 0.1) is 19.3 Å². The van der Waals surface area contributed by atoms with E-state index in [-0.39, 0.29) is 53.9 Å². The molecule has 0 bridgehead atoms. The number of Topliss-reactive ketones (excluding diaryl/α,β-unsaturated/α-hetero) is 1. The minimum atomic E-state index is -1.09. The molecule has 1 aliphatic carbocycles. The van der Waals surface area contributed by atoms with E-state index in [2.05, 4.69) is 39.9 Å². The maximum atomic E-state index is 15.0. The summed E-state index contributed by atoms with van der Waals surface area (Å²) in [7, 11) is 3.49. The SMILES string of the molecule is CNC1(c2cc(O)cc([C@@H](Cc3ccc(O)c(OCNC[C@H](C)O)c3)C(=O)C[C@@H](O)[C@H](Cc3cc[n-]c3)Cc3ccc(O)c(OC)c3Cc3cccc4ccccc34)c2)CCCCC1. The molecule has 64 heavy (non-hydrogen) atoms. The summed E-state index contributed by atoms with van der Waals surface area (Å²) < 4.78 is 11.7. The summed E-state index contributed by atoms with van der Waals surface area (Å²) >= 11 is 0. The van der Waals surface area contributed by atoms with Crippen LogP contribution in [0.3, 0.4) is 0 Å². The van der Waals surface area contributed by atoms with Gasteiger partial charge in [-0.2, -0.15) is 12.4 Å². The summed E-state index contributed by atoms with van der Waals surface area (Å²) in [5.41, 5.74) is 5.61. The van der Waals surface area contributed by atoms with E-state index in [4.69, 9.17) is 9.47 Å². The molecule has 0 radical (unpaired) electrons. The van der Waals surface area contributed by atoms with Crippen LogP contribution in [0.5, 0.6) is 28.7 Å². The maximum Gasteiger partial charge on any atom is 0.164 e. The van der Waals surface area contributed by atoms with Crippen LogP contribution < -0.4 is 25.1 Å². The minimum absolute atomic E-state index is 0.0226. The smallest absolute Gasteiger partial charge is 0.164 e. The van der Waals surface area contributed by atoms with Crippen molar-refractivity contribution in [2.45, 2.75) is 94.8 Å². The predicted molar refractivity (Wildman–Crippen MR) is 249 cm³/mol. The van der Waals surface area contributed by atoms with Crippen molar-refractivity contribution in [2.24, 2.45) is 5.92 Å². The van der Waals surface area contributed by atoms with E-state index in [0.717, 1.165) is 76.3 Å². The van der Waals surface area contributed by atoms with Gasteiger partial charge in [0.1, 0.15) is 18.3 Å². The summed E-state index contributed by atoms with van der Waals surface area (Å²) in [6.45, 7) is 2.02. The van der Waals surface area contributed by atoms with E-state index < -0.39 is 24.0 Å². The number of carbonyl (C=O) groups excluding carboxylic acids is 1. The van der Waals surface area contributed by atoms with Gasteiger partial charge in [-0.15, -0.1) is 0 Å². The Hall–Kier alpha value is -5.85. The lowest BCUT2D eigenvalue weighted by atomic mass is 9.75. The van der Waals surface area contributed by atoms with Gasteiger partial charge >= 0.3 is 0 Å². The number of aromatic hydroxyl groups is 3. The lowest BCUT2D eigenvalue weighted by Crippen LogP contribution is -2.41. The Morgan fingerprint density at radius 3 is 2.36 bits per heavy atom. The molecule has 11 nitrogen and oxygen atoms in total. The van der Waals surface area contributed by atoms with Crippen LogP contribution in [0.4, 0.5) is 0 Å². The number of benzene rings is 5. The van der Waals surface area contributed by atoms with Crippen LogP contribution >= 0.6 is 0 Å². The number of carbonyl (C=O) groups is 1. The van der Waals surface area contributed by atoms with Crippen LogP contribution in [-0.4, -0.2) is 71.0 Å². The van der Waals surface area contributed by atoms with Crippen molar-refractivity contribution in [3.05, 3.63) is 148 Å². The first kappa shape index (κ1) is 46.2. The number of hydrogen-bond donors (Lipinski definition) is 7. The summed E-state index contributed by atoms with van der Waals surface area (Å²) in [6.07, 6.45) is 8.17. The van der Waals surface area contributed by atoms with Crippen molar-refractivity contribution in [1.82, 2.24) is 15.6 Å². The average molecular weight is 869 g/mol. The number of aliphatic hydroxyl groups excluding tert-OH is 2. The molecule has 1 fully saturated rings. The van der Waals surface area contributed by atoms with Crippen LogP contribution in [-0.2, 0) is 36.0 Å². The Kier molecular flexibility index (Phi) is 15.3. The Balaban J connectivity index is 1.23. The number of hydrogen-bond acceptors (Lipinski definition) is 10. The number of nitrogens with zero attached hydrogens (tertiary/aromatic N) is 1. The third-order valence-corrected chi connectivity index (χ3v) is 13.0. The van der Waals surface area contributed by atoms with E-state index in [1.807, 2.05) is 43.4 Å². The molecule has 4 atom stereocenters. The third kappa shape index (κ3) is 11.1. The average Bonchev–Trinajstić information content (AvgIpc) is 3.82. The number of methoxy groups -OCH3 is 1. The summed E-state index contributed by atoms with van der Waals surface area (Å²) in [5.74, 6) is -0.803. The molecule has 0 aliphatic heterocycles. The zero-order valence-corrected chi connectivity index (χ0v) is 37.1. The molecule has 6 aromatic rings. The molecule has 1 aliphatic rings. The molecule has 7 rings (SSSR count). The van der Waals surface area contributed by atoms with Gasteiger partial charge in [-0.1, -0.05) is 91.6 Å². The summed E-state index contributed by atoms with van der Waals surface area (Å²) in [4.78, 5) is 19.3. The van der Waals surface area contributed by atoms with Crippen LogP contribution in [0.25, 0.3) is 10.8 Å². The highest BCUT2D eigenvalue weighted by Gasteiger charge is 2.35. The van der Waals surface area contributed by atoms with Crippen LogP contribution in [0, 0.1) is 5.92 Å². The first-order valence-corrected chi connectivity index (χ1v) is 22.4. The molecule has 7 N–H and O–H groups in total. The van der Waals surface area contributed by atoms with Crippen molar-refractivity contribution >= 4 is 16.6 Å². The number of ether oxygens (including phenoxy) is 2. The minimum Gasteiger partial charge on any atom is -0.670 e. The molecule has 0 spiro atoms. The fourth-order valence-corrected chi connectivity index (χ4v) is 9.59. The van der Waals surface area contributed by atoms with Gasteiger partial charge in [0.15, 0.2) is 23.0 Å². The van der Waals surface area contributed by atoms with E-state index in [1.54, 1.807) is 56.8 Å². The van der Waals surface area contributed by atoms with Gasteiger partial charge in [0, 0.05) is 36.4 Å². The van der Waals surface area contributed by atoms with Crippen LogP contribution in [0.2, 0.25) is 0 Å². The second-order valence-corrected chi connectivity index (χ2v) is 17.5. The second-order valence-electron chi connectivity index (χ2n) is 17.5. The fraction of sp³-hybridized carbons (Fsp3) is 0.377. The van der Waals surface area contributed by atoms with Crippen molar-refractivity contribution in [3.8, 4) is 28.7 Å². The number of fused-ring (bicyclic) bond motifs is 1. The number of phenols is 3. The van der Waals surface area contributed by atoms with Crippen molar-refractivity contribution in [2.75, 3.05) is 27.4 Å². The first-order valence-electron chi connectivity index (χ1n) is 22.4. The van der Waals surface area contributed by atoms with Crippen molar-refractivity contribution in [3.63, 3.8) is 0 Å². The van der Waals surface area contributed by atoms with Crippen molar-refractivity contribution in [1.29, 1.82) is 0 Å². The number of phenolic OH excluding ortho intramolecular Hbond substituents is 3. The number of aromatic nitrogens is 1. The Morgan fingerprint density at radius 1 is 0.828 bits per heavy atom. The molecular weight excluding hydrogens is 807 g/mol. The van der Waals surface area contributed by atoms with E-state index in [0.29, 0.717) is 37.1 Å². The highest BCUT2D eigenvalue weighted by atomic mass is 16.5. The lowest BCUT2D eigenvalue weighted by molar-refractivity contribution is -0.123. The molecule has 0 saturated heterocycles.